The third-order valence-electron chi connectivity index (χ3n) is 6.03. The first-order chi connectivity index (χ1) is 15.8. The molecular formula is C26H24N4O2. The molecule has 1 amide bonds. The minimum absolute atomic E-state index is 0.141. The van der Waals surface area contributed by atoms with Gasteiger partial charge in [0.1, 0.15) is 0 Å². The molecule has 0 unspecified atom stereocenters. The molecule has 0 aliphatic carbocycles. The molecule has 1 fully saturated rings. The zero-order chi connectivity index (χ0) is 21.8. The van der Waals surface area contributed by atoms with Gasteiger partial charge in [-0.1, -0.05) is 65.8 Å². The van der Waals surface area contributed by atoms with E-state index in [1.54, 1.807) is 12.4 Å². The summed E-state index contributed by atoms with van der Waals surface area (Å²) in [6.07, 6.45) is 5.05. The molecule has 2 aromatic heterocycles. The molecule has 160 valence electrons. The first-order valence-corrected chi connectivity index (χ1v) is 10.9. The monoisotopic (exact) mass is 424 g/mol. The van der Waals surface area contributed by atoms with Crippen LogP contribution in [0.3, 0.4) is 0 Å². The fourth-order valence-electron chi connectivity index (χ4n) is 4.31. The van der Waals surface area contributed by atoms with Crippen molar-refractivity contribution in [2.45, 2.75) is 24.7 Å². The average Bonchev–Trinajstić information content (AvgIpc) is 3.37. The lowest BCUT2D eigenvalue weighted by Crippen LogP contribution is -2.41. The lowest BCUT2D eigenvalue weighted by Gasteiger charge is -2.33. The zero-order valence-electron chi connectivity index (χ0n) is 17.7. The molecule has 0 saturated carbocycles. The van der Waals surface area contributed by atoms with Crippen LogP contribution in [0, 0.1) is 0 Å². The zero-order valence-corrected chi connectivity index (χ0v) is 17.7. The van der Waals surface area contributed by atoms with Gasteiger partial charge in [0, 0.05) is 37.0 Å². The molecule has 4 aromatic rings. The van der Waals surface area contributed by atoms with Gasteiger partial charge in [-0.2, -0.15) is 4.98 Å². The number of amides is 1. The van der Waals surface area contributed by atoms with E-state index in [-0.39, 0.29) is 17.7 Å². The topological polar surface area (TPSA) is 72.1 Å². The Hall–Kier alpha value is -3.80. The van der Waals surface area contributed by atoms with Crippen molar-refractivity contribution in [2.24, 2.45) is 0 Å². The van der Waals surface area contributed by atoms with Crippen LogP contribution in [0.5, 0.6) is 0 Å². The van der Waals surface area contributed by atoms with Gasteiger partial charge < -0.3 is 9.42 Å². The number of pyridine rings is 1. The number of carbonyl (C=O) groups is 1. The van der Waals surface area contributed by atoms with Crippen LogP contribution in [0.15, 0.2) is 89.7 Å². The van der Waals surface area contributed by atoms with Gasteiger partial charge in [-0.25, -0.2) is 0 Å². The molecule has 1 aliphatic heterocycles. The highest BCUT2D eigenvalue weighted by molar-refractivity contribution is 5.87. The van der Waals surface area contributed by atoms with Gasteiger partial charge in [0.05, 0.1) is 5.92 Å². The van der Waals surface area contributed by atoms with E-state index in [0.29, 0.717) is 24.8 Å². The number of nitrogens with zero attached hydrogens (tertiary/aromatic N) is 4. The largest absolute Gasteiger partial charge is 0.342 e. The SMILES string of the molecule is O=C(C(c1ccccc1)c1ccccc1)N1CCC(c2nc(-c3cccnc3)no2)CC1. The minimum Gasteiger partial charge on any atom is -0.342 e. The highest BCUT2D eigenvalue weighted by atomic mass is 16.5. The van der Waals surface area contributed by atoms with E-state index in [0.717, 1.165) is 29.5 Å². The van der Waals surface area contributed by atoms with Crippen LogP contribution in [-0.4, -0.2) is 39.0 Å². The molecule has 0 spiro atoms. The molecule has 3 heterocycles. The second-order valence-corrected chi connectivity index (χ2v) is 8.05. The summed E-state index contributed by atoms with van der Waals surface area (Å²) in [6.45, 7) is 1.34. The quantitative estimate of drug-likeness (QED) is 0.466. The molecule has 2 aromatic carbocycles. The van der Waals surface area contributed by atoms with Gasteiger partial charge in [0.25, 0.3) is 0 Å². The average molecular weight is 425 g/mol. The van der Waals surface area contributed by atoms with Crippen molar-refractivity contribution >= 4 is 5.91 Å². The lowest BCUT2D eigenvalue weighted by molar-refractivity contribution is -0.133. The second-order valence-electron chi connectivity index (χ2n) is 8.05. The van der Waals surface area contributed by atoms with Crippen molar-refractivity contribution in [3.8, 4) is 11.4 Å². The number of aromatic nitrogens is 3. The Bertz CT molecular complexity index is 1110. The van der Waals surface area contributed by atoms with Crippen molar-refractivity contribution in [1.82, 2.24) is 20.0 Å². The molecule has 5 rings (SSSR count). The highest BCUT2D eigenvalue weighted by Crippen LogP contribution is 2.32. The van der Waals surface area contributed by atoms with E-state index < -0.39 is 0 Å². The van der Waals surface area contributed by atoms with Crippen LogP contribution >= 0.6 is 0 Å². The van der Waals surface area contributed by atoms with Crippen molar-refractivity contribution < 1.29 is 9.32 Å². The molecule has 1 saturated heterocycles. The van der Waals surface area contributed by atoms with E-state index in [1.807, 2.05) is 77.7 Å². The summed E-state index contributed by atoms with van der Waals surface area (Å²) in [6, 6.07) is 23.8. The molecule has 1 aliphatic rings. The minimum atomic E-state index is -0.297. The van der Waals surface area contributed by atoms with Crippen molar-refractivity contribution in [3.63, 3.8) is 0 Å². The molecule has 32 heavy (non-hydrogen) atoms. The van der Waals surface area contributed by atoms with Crippen LogP contribution in [0.1, 0.15) is 41.7 Å². The highest BCUT2D eigenvalue weighted by Gasteiger charge is 2.32. The fourth-order valence-corrected chi connectivity index (χ4v) is 4.31. The van der Waals surface area contributed by atoms with Crippen LogP contribution in [-0.2, 0) is 4.79 Å². The normalized spacial score (nSPS) is 14.6. The van der Waals surface area contributed by atoms with E-state index in [9.17, 15) is 4.79 Å². The van der Waals surface area contributed by atoms with Gasteiger partial charge in [-0.3, -0.25) is 9.78 Å². The number of likely N-dealkylation sites (tertiary alicyclic amines) is 1. The summed E-state index contributed by atoms with van der Waals surface area (Å²) in [5, 5.41) is 4.12. The number of hydrogen-bond donors (Lipinski definition) is 0. The van der Waals surface area contributed by atoms with Crippen molar-refractivity contribution in [1.29, 1.82) is 0 Å². The summed E-state index contributed by atoms with van der Waals surface area (Å²) in [5.41, 5.74) is 2.87. The van der Waals surface area contributed by atoms with Crippen LogP contribution in [0.4, 0.5) is 0 Å². The lowest BCUT2D eigenvalue weighted by atomic mass is 9.88. The molecule has 0 radical (unpaired) electrons. The Labute approximate surface area is 186 Å². The van der Waals surface area contributed by atoms with Gasteiger partial charge in [0.15, 0.2) is 0 Å². The fraction of sp³-hybridized carbons (Fsp3) is 0.231. The number of benzene rings is 2. The van der Waals surface area contributed by atoms with E-state index in [4.69, 9.17) is 4.52 Å². The van der Waals surface area contributed by atoms with E-state index in [2.05, 4.69) is 15.1 Å². The predicted octanol–water partition coefficient (Wildman–Crippen LogP) is 4.67. The summed E-state index contributed by atoms with van der Waals surface area (Å²) in [4.78, 5) is 24.3. The molecule has 0 bridgehead atoms. The van der Waals surface area contributed by atoms with Crippen LogP contribution < -0.4 is 0 Å². The van der Waals surface area contributed by atoms with E-state index in [1.165, 1.54) is 0 Å². The number of carbonyl (C=O) groups excluding carboxylic acids is 1. The summed E-state index contributed by atoms with van der Waals surface area (Å²) in [7, 11) is 0. The smallest absolute Gasteiger partial charge is 0.234 e. The Morgan fingerprint density at radius 1 is 0.906 bits per heavy atom. The Balaban J connectivity index is 1.30. The first-order valence-electron chi connectivity index (χ1n) is 10.9. The molecule has 0 N–H and O–H groups in total. The molecule has 6 heteroatoms. The Morgan fingerprint density at radius 3 is 2.16 bits per heavy atom. The maximum absolute atomic E-state index is 13.6. The Morgan fingerprint density at radius 2 is 1.56 bits per heavy atom. The van der Waals surface area contributed by atoms with Crippen molar-refractivity contribution in [3.05, 3.63) is 102 Å². The molecular weight excluding hydrogens is 400 g/mol. The number of rotatable bonds is 5. The maximum Gasteiger partial charge on any atom is 0.234 e. The molecule has 6 nitrogen and oxygen atoms in total. The van der Waals surface area contributed by atoms with Crippen LogP contribution in [0.2, 0.25) is 0 Å². The van der Waals surface area contributed by atoms with Gasteiger partial charge in [0.2, 0.25) is 17.6 Å². The summed E-state index contributed by atoms with van der Waals surface area (Å²) in [5.74, 6) is 1.19. The third-order valence-corrected chi connectivity index (χ3v) is 6.03. The number of piperidine rings is 1. The van der Waals surface area contributed by atoms with Crippen molar-refractivity contribution in [2.75, 3.05) is 13.1 Å². The Kier molecular flexibility index (Phi) is 5.75. The van der Waals surface area contributed by atoms with Crippen LogP contribution in [0.25, 0.3) is 11.4 Å². The molecule has 0 atom stereocenters. The van der Waals surface area contributed by atoms with Gasteiger partial charge in [-0.15, -0.1) is 0 Å². The predicted molar refractivity (Wildman–Crippen MR) is 121 cm³/mol. The maximum atomic E-state index is 13.6. The second kappa shape index (κ2) is 9.14. The first kappa shape index (κ1) is 20.1. The van der Waals surface area contributed by atoms with Gasteiger partial charge >= 0.3 is 0 Å². The summed E-state index contributed by atoms with van der Waals surface area (Å²) >= 11 is 0. The summed E-state index contributed by atoms with van der Waals surface area (Å²) < 4.78 is 5.55. The van der Waals surface area contributed by atoms with Gasteiger partial charge in [-0.05, 0) is 36.1 Å². The standard InChI is InChI=1S/C26H24N4O2/c31-26(23(19-8-3-1-4-9-19)20-10-5-2-6-11-20)30-16-13-21(14-17-30)25-28-24(29-32-25)22-12-7-15-27-18-22/h1-12,15,18,21,23H,13-14,16-17H2. The number of hydrogen-bond acceptors (Lipinski definition) is 5. The van der Waals surface area contributed by atoms with E-state index >= 15 is 0 Å². The third kappa shape index (κ3) is 4.17.